The van der Waals surface area contributed by atoms with Crippen LogP contribution in [0.4, 0.5) is 9.59 Å². The van der Waals surface area contributed by atoms with E-state index in [0.29, 0.717) is 59.6 Å². The molecule has 192 valence electrons. The van der Waals surface area contributed by atoms with Gasteiger partial charge in [0, 0.05) is 61.1 Å². The van der Waals surface area contributed by atoms with Gasteiger partial charge in [-0.2, -0.15) is 0 Å². The SMILES string of the molecule is CCOC(=O)C1=C(CN2CCN(C(=O)NC(C)(C)C)CC2)N(C)C(=O)N[C@H]1c1ccc(Cl)cc1Cl. The van der Waals surface area contributed by atoms with Gasteiger partial charge in [0.15, 0.2) is 0 Å². The molecule has 2 N–H and O–H groups in total. The van der Waals surface area contributed by atoms with Crippen LogP contribution in [0.1, 0.15) is 39.3 Å². The molecule has 4 amide bonds. The van der Waals surface area contributed by atoms with Gasteiger partial charge in [-0.15, -0.1) is 0 Å². The van der Waals surface area contributed by atoms with Crippen molar-refractivity contribution in [3.63, 3.8) is 0 Å². The molecule has 35 heavy (non-hydrogen) atoms. The van der Waals surface area contributed by atoms with Crippen LogP contribution in [0.5, 0.6) is 0 Å². The summed E-state index contributed by atoms with van der Waals surface area (Å²) in [6, 6.07) is 3.70. The molecule has 2 aliphatic heterocycles. The molecule has 1 fully saturated rings. The van der Waals surface area contributed by atoms with Gasteiger partial charge in [0.1, 0.15) is 0 Å². The van der Waals surface area contributed by atoms with Gasteiger partial charge in [-0.05, 0) is 45.4 Å². The molecule has 0 spiro atoms. The number of likely N-dealkylation sites (N-methyl/N-ethyl adjacent to an activating group) is 1. The van der Waals surface area contributed by atoms with Crippen LogP contribution in [-0.2, 0) is 9.53 Å². The molecule has 9 nitrogen and oxygen atoms in total. The second kappa shape index (κ2) is 11.1. The lowest BCUT2D eigenvalue weighted by atomic mass is 9.94. The van der Waals surface area contributed by atoms with Crippen molar-refractivity contribution < 1.29 is 19.1 Å². The fourth-order valence-electron chi connectivity index (χ4n) is 4.09. The summed E-state index contributed by atoms with van der Waals surface area (Å²) in [5.41, 5.74) is 1.10. The minimum Gasteiger partial charge on any atom is -0.463 e. The van der Waals surface area contributed by atoms with E-state index in [1.165, 1.54) is 4.90 Å². The molecule has 1 atom stereocenters. The lowest BCUT2D eigenvalue weighted by molar-refractivity contribution is -0.139. The van der Waals surface area contributed by atoms with Gasteiger partial charge in [0.05, 0.1) is 18.2 Å². The number of rotatable bonds is 5. The normalized spacial score (nSPS) is 19.5. The number of ether oxygens (including phenoxy) is 1. The van der Waals surface area contributed by atoms with E-state index in [9.17, 15) is 14.4 Å². The first kappa shape index (κ1) is 27.1. The van der Waals surface area contributed by atoms with Crippen LogP contribution in [0.2, 0.25) is 10.0 Å². The smallest absolute Gasteiger partial charge is 0.338 e. The molecule has 1 saturated heterocycles. The van der Waals surface area contributed by atoms with Crippen LogP contribution in [0.25, 0.3) is 0 Å². The Kier molecular flexibility index (Phi) is 8.56. The number of benzene rings is 1. The van der Waals surface area contributed by atoms with E-state index in [4.69, 9.17) is 27.9 Å². The number of halogens is 2. The topological polar surface area (TPSA) is 94.2 Å². The van der Waals surface area contributed by atoms with Crippen LogP contribution in [0.15, 0.2) is 29.5 Å². The zero-order valence-electron chi connectivity index (χ0n) is 20.8. The van der Waals surface area contributed by atoms with Crippen molar-refractivity contribution in [3.8, 4) is 0 Å². The van der Waals surface area contributed by atoms with Crippen molar-refractivity contribution in [1.29, 1.82) is 0 Å². The molecular formula is C24H33Cl2N5O4. The van der Waals surface area contributed by atoms with Gasteiger partial charge in [0.25, 0.3) is 0 Å². The van der Waals surface area contributed by atoms with E-state index < -0.39 is 12.0 Å². The lowest BCUT2D eigenvalue weighted by Gasteiger charge is -2.40. The molecule has 1 aromatic rings. The van der Waals surface area contributed by atoms with Gasteiger partial charge < -0.3 is 20.3 Å². The van der Waals surface area contributed by atoms with Crippen LogP contribution in [0.3, 0.4) is 0 Å². The van der Waals surface area contributed by atoms with Crippen molar-refractivity contribution in [2.24, 2.45) is 0 Å². The average molecular weight is 526 g/mol. The lowest BCUT2D eigenvalue weighted by Crippen LogP contribution is -2.56. The van der Waals surface area contributed by atoms with Crippen LogP contribution in [0, 0.1) is 0 Å². The Balaban J connectivity index is 1.88. The molecule has 0 aromatic heterocycles. The first-order valence-corrected chi connectivity index (χ1v) is 12.4. The number of carbonyl (C=O) groups is 3. The van der Waals surface area contributed by atoms with Crippen molar-refractivity contribution in [2.45, 2.75) is 39.3 Å². The van der Waals surface area contributed by atoms with E-state index >= 15 is 0 Å². The second-order valence-electron chi connectivity index (χ2n) is 9.63. The summed E-state index contributed by atoms with van der Waals surface area (Å²) in [6.07, 6.45) is 0. The molecule has 2 heterocycles. The van der Waals surface area contributed by atoms with Crippen molar-refractivity contribution in [1.82, 2.24) is 25.3 Å². The van der Waals surface area contributed by atoms with Gasteiger partial charge in [-0.1, -0.05) is 29.3 Å². The molecule has 0 bridgehead atoms. The molecule has 0 aliphatic carbocycles. The average Bonchev–Trinajstić information content (AvgIpc) is 2.76. The highest BCUT2D eigenvalue weighted by molar-refractivity contribution is 6.35. The second-order valence-corrected chi connectivity index (χ2v) is 10.5. The number of hydrogen-bond acceptors (Lipinski definition) is 5. The number of piperazine rings is 1. The highest BCUT2D eigenvalue weighted by Gasteiger charge is 2.38. The van der Waals surface area contributed by atoms with E-state index in [1.54, 1.807) is 37.1 Å². The summed E-state index contributed by atoms with van der Waals surface area (Å²) in [6.45, 7) is 10.4. The molecule has 2 aliphatic rings. The minimum atomic E-state index is -0.781. The summed E-state index contributed by atoms with van der Waals surface area (Å²) >= 11 is 12.5. The molecule has 1 aromatic carbocycles. The first-order chi connectivity index (χ1) is 16.4. The van der Waals surface area contributed by atoms with Crippen molar-refractivity contribution >= 4 is 41.2 Å². The fraction of sp³-hybridized carbons (Fsp3) is 0.542. The monoisotopic (exact) mass is 525 g/mol. The van der Waals surface area contributed by atoms with Crippen LogP contribution in [-0.4, -0.2) is 84.6 Å². The van der Waals surface area contributed by atoms with Crippen molar-refractivity contribution in [3.05, 3.63) is 45.1 Å². The first-order valence-electron chi connectivity index (χ1n) is 11.6. The van der Waals surface area contributed by atoms with E-state index in [-0.39, 0.29) is 24.2 Å². The molecular weight excluding hydrogens is 493 g/mol. The predicted octanol–water partition coefficient (Wildman–Crippen LogP) is 3.63. The third kappa shape index (κ3) is 6.59. The Morgan fingerprint density at radius 2 is 1.83 bits per heavy atom. The maximum Gasteiger partial charge on any atom is 0.338 e. The zero-order valence-corrected chi connectivity index (χ0v) is 22.3. The maximum absolute atomic E-state index is 13.1. The summed E-state index contributed by atoms with van der Waals surface area (Å²) < 4.78 is 5.37. The third-order valence-corrected chi connectivity index (χ3v) is 6.42. The Morgan fingerprint density at radius 1 is 1.17 bits per heavy atom. The molecule has 3 rings (SSSR count). The van der Waals surface area contributed by atoms with Crippen LogP contribution < -0.4 is 10.6 Å². The Labute approximate surface area is 216 Å². The van der Waals surface area contributed by atoms with Crippen LogP contribution >= 0.6 is 23.2 Å². The van der Waals surface area contributed by atoms with Gasteiger partial charge in [-0.25, -0.2) is 14.4 Å². The molecule has 0 unspecified atom stereocenters. The summed E-state index contributed by atoms with van der Waals surface area (Å²) in [4.78, 5) is 43.9. The van der Waals surface area contributed by atoms with Gasteiger partial charge in [-0.3, -0.25) is 9.80 Å². The highest BCUT2D eigenvalue weighted by atomic mass is 35.5. The minimum absolute atomic E-state index is 0.102. The number of nitrogens with zero attached hydrogens (tertiary/aromatic N) is 3. The Morgan fingerprint density at radius 3 is 2.40 bits per heavy atom. The van der Waals surface area contributed by atoms with Gasteiger partial charge in [0.2, 0.25) is 0 Å². The highest BCUT2D eigenvalue weighted by Crippen LogP contribution is 2.36. The quantitative estimate of drug-likeness (QED) is 0.572. The van der Waals surface area contributed by atoms with E-state index in [0.717, 1.165) is 0 Å². The Bertz CT molecular complexity index is 1020. The summed E-state index contributed by atoms with van der Waals surface area (Å²) in [5, 5.41) is 6.64. The molecule has 11 heteroatoms. The Hall–Kier alpha value is -2.49. The number of nitrogens with one attached hydrogen (secondary N) is 2. The summed E-state index contributed by atoms with van der Waals surface area (Å²) in [7, 11) is 1.62. The fourth-order valence-corrected chi connectivity index (χ4v) is 4.61. The predicted molar refractivity (Wildman–Crippen MR) is 135 cm³/mol. The number of carbonyl (C=O) groups excluding carboxylic acids is 3. The number of hydrogen-bond donors (Lipinski definition) is 2. The number of amides is 4. The van der Waals surface area contributed by atoms with E-state index in [2.05, 4.69) is 15.5 Å². The standard InChI is InChI=1S/C24H33Cl2N5O4/c1-6-35-21(32)19-18(14-30-9-11-31(12-10-30)23(34)28-24(2,3)4)29(5)22(33)27-20(19)16-8-7-15(25)13-17(16)26/h7-8,13,20H,6,9-12,14H2,1-5H3,(H,27,33)(H,28,34)/t20-/m0/s1. The van der Waals surface area contributed by atoms with Gasteiger partial charge >= 0.3 is 18.0 Å². The summed E-state index contributed by atoms with van der Waals surface area (Å²) in [5.74, 6) is -0.520. The molecule has 0 saturated carbocycles. The van der Waals surface area contributed by atoms with Crippen molar-refractivity contribution in [2.75, 3.05) is 46.4 Å². The maximum atomic E-state index is 13.1. The molecule has 0 radical (unpaired) electrons. The zero-order chi connectivity index (χ0) is 25.9. The third-order valence-electron chi connectivity index (χ3n) is 5.86. The number of esters is 1. The van der Waals surface area contributed by atoms with E-state index in [1.807, 2.05) is 20.8 Å². The largest absolute Gasteiger partial charge is 0.463 e. The number of urea groups is 2.